The Morgan fingerprint density at radius 1 is 0.867 bits per heavy atom. The molecule has 3 aliphatic carbocycles. The van der Waals surface area contributed by atoms with Gasteiger partial charge in [-0.25, -0.2) is 4.39 Å². The van der Waals surface area contributed by atoms with Crippen LogP contribution in [0.3, 0.4) is 0 Å². The summed E-state index contributed by atoms with van der Waals surface area (Å²) < 4.78 is 13.2. The standard InChI is InChI=1S/C13H23FO/c14-13-9-12(10-13,11-13)7-5-3-1-2-4-6-8-15/h15H,1-11H2. The predicted octanol–water partition coefficient (Wildman–Crippen LogP) is 3.60. The lowest BCUT2D eigenvalue weighted by atomic mass is 9.41. The molecule has 0 aromatic rings. The van der Waals surface area contributed by atoms with Gasteiger partial charge in [-0.3, -0.25) is 0 Å². The number of aliphatic hydroxyl groups is 1. The van der Waals surface area contributed by atoms with E-state index in [0.29, 0.717) is 12.0 Å². The Morgan fingerprint density at radius 3 is 1.93 bits per heavy atom. The second kappa shape index (κ2) is 4.40. The first-order valence-corrected chi connectivity index (χ1v) is 6.48. The van der Waals surface area contributed by atoms with E-state index >= 15 is 0 Å². The van der Waals surface area contributed by atoms with Crippen LogP contribution in [-0.4, -0.2) is 17.4 Å². The molecule has 88 valence electrons. The number of aliphatic hydroxyl groups excluding tert-OH is 1. The molecule has 3 saturated carbocycles. The smallest absolute Gasteiger partial charge is 0.112 e. The fourth-order valence-corrected chi connectivity index (χ4v) is 3.44. The molecule has 0 aromatic carbocycles. The van der Waals surface area contributed by atoms with Crippen molar-refractivity contribution in [2.75, 3.05) is 6.61 Å². The number of hydrogen-bond acceptors (Lipinski definition) is 1. The van der Waals surface area contributed by atoms with Gasteiger partial charge in [0.15, 0.2) is 0 Å². The van der Waals surface area contributed by atoms with Crippen molar-refractivity contribution < 1.29 is 9.50 Å². The van der Waals surface area contributed by atoms with E-state index in [-0.39, 0.29) is 0 Å². The highest BCUT2D eigenvalue weighted by molar-refractivity contribution is 5.18. The van der Waals surface area contributed by atoms with E-state index in [1.165, 1.54) is 32.1 Å². The Hall–Kier alpha value is -0.110. The van der Waals surface area contributed by atoms with Crippen LogP contribution >= 0.6 is 0 Å². The van der Waals surface area contributed by atoms with Crippen LogP contribution in [0.25, 0.3) is 0 Å². The van der Waals surface area contributed by atoms with E-state index in [0.717, 1.165) is 32.1 Å². The van der Waals surface area contributed by atoms with Crippen LogP contribution in [0, 0.1) is 5.41 Å². The average Bonchev–Trinajstić information content (AvgIpc) is 2.11. The number of halogens is 1. The van der Waals surface area contributed by atoms with Crippen LogP contribution < -0.4 is 0 Å². The maximum Gasteiger partial charge on any atom is 0.112 e. The van der Waals surface area contributed by atoms with Crippen molar-refractivity contribution in [1.82, 2.24) is 0 Å². The summed E-state index contributed by atoms with van der Waals surface area (Å²) >= 11 is 0. The molecule has 3 fully saturated rings. The first-order valence-electron chi connectivity index (χ1n) is 6.48. The van der Waals surface area contributed by atoms with Crippen LogP contribution in [0.1, 0.15) is 64.2 Å². The Bertz CT molecular complexity index is 195. The SMILES string of the molecule is OCCCCCCCCC12CC(F)(C1)C2. The predicted molar refractivity (Wildman–Crippen MR) is 59.5 cm³/mol. The van der Waals surface area contributed by atoms with Crippen molar-refractivity contribution in [2.24, 2.45) is 5.41 Å². The highest BCUT2D eigenvalue weighted by Crippen LogP contribution is 2.71. The quantitative estimate of drug-likeness (QED) is 0.612. The summed E-state index contributed by atoms with van der Waals surface area (Å²) in [6.45, 7) is 0.335. The highest BCUT2D eigenvalue weighted by Gasteiger charge is 2.68. The molecule has 2 heteroatoms. The topological polar surface area (TPSA) is 20.2 Å². The molecule has 0 aromatic heterocycles. The van der Waals surface area contributed by atoms with E-state index < -0.39 is 5.67 Å². The zero-order chi connectivity index (χ0) is 10.8. The summed E-state index contributed by atoms with van der Waals surface area (Å²) in [7, 11) is 0. The zero-order valence-electron chi connectivity index (χ0n) is 9.60. The lowest BCUT2D eigenvalue weighted by Gasteiger charge is -2.66. The van der Waals surface area contributed by atoms with Crippen LogP contribution in [0.4, 0.5) is 4.39 Å². The molecule has 15 heavy (non-hydrogen) atoms. The minimum Gasteiger partial charge on any atom is -0.396 e. The van der Waals surface area contributed by atoms with Gasteiger partial charge in [0, 0.05) is 6.61 Å². The molecule has 0 spiro atoms. The van der Waals surface area contributed by atoms with Gasteiger partial charge in [0.1, 0.15) is 5.67 Å². The lowest BCUT2D eigenvalue weighted by Crippen LogP contribution is -2.64. The minimum atomic E-state index is -0.707. The number of hydrogen-bond donors (Lipinski definition) is 1. The van der Waals surface area contributed by atoms with Gasteiger partial charge in [0.05, 0.1) is 0 Å². The first-order chi connectivity index (χ1) is 7.18. The fraction of sp³-hybridized carbons (Fsp3) is 1.00. The van der Waals surface area contributed by atoms with Crippen molar-refractivity contribution >= 4 is 0 Å². The summed E-state index contributed by atoms with van der Waals surface area (Å²) in [5.74, 6) is 0. The van der Waals surface area contributed by atoms with E-state index in [2.05, 4.69) is 0 Å². The van der Waals surface area contributed by atoms with Crippen molar-refractivity contribution in [2.45, 2.75) is 69.9 Å². The summed E-state index contributed by atoms with van der Waals surface area (Å²) in [5.41, 5.74) is -0.249. The Labute approximate surface area is 92.1 Å². The molecule has 3 rings (SSSR count). The summed E-state index contributed by atoms with van der Waals surface area (Å²) in [5, 5.41) is 8.61. The monoisotopic (exact) mass is 214 g/mol. The van der Waals surface area contributed by atoms with Gasteiger partial charge in [-0.05, 0) is 37.5 Å². The van der Waals surface area contributed by atoms with Crippen molar-refractivity contribution in [3.8, 4) is 0 Å². The van der Waals surface area contributed by atoms with Gasteiger partial charge < -0.3 is 5.11 Å². The highest BCUT2D eigenvalue weighted by atomic mass is 19.1. The summed E-state index contributed by atoms with van der Waals surface area (Å²) in [6, 6.07) is 0. The number of rotatable bonds is 8. The van der Waals surface area contributed by atoms with E-state index in [4.69, 9.17) is 5.11 Å². The van der Waals surface area contributed by atoms with Crippen LogP contribution in [0.2, 0.25) is 0 Å². The maximum absolute atomic E-state index is 13.2. The van der Waals surface area contributed by atoms with Crippen molar-refractivity contribution in [3.63, 3.8) is 0 Å². The molecular weight excluding hydrogens is 191 g/mol. The first kappa shape index (κ1) is 11.4. The maximum atomic E-state index is 13.2. The molecule has 0 unspecified atom stereocenters. The van der Waals surface area contributed by atoms with Gasteiger partial charge in [0.25, 0.3) is 0 Å². The van der Waals surface area contributed by atoms with Gasteiger partial charge in [0.2, 0.25) is 0 Å². The van der Waals surface area contributed by atoms with Crippen molar-refractivity contribution in [1.29, 1.82) is 0 Å². The second-order valence-electron chi connectivity index (χ2n) is 5.78. The molecule has 0 radical (unpaired) electrons. The molecule has 0 saturated heterocycles. The van der Waals surface area contributed by atoms with Gasteiger partial charge in [-0.1, -0.05) is 32.1 Å². The minimum absolute atomic E-state index is 0.335. The molecule has 0 aliphatic heterocycles. The number of unbranched alkanes of at least 4 members (excludes halogenated alkanes) is 5. The third-order valence-electron chi connectivity index (χ3n) is 4.19. The van der Waals surface area contributed by atoms with Gasteiger partial charge in [-0.15, -0.1) is 0 Å². The Kier molecular flexibility index (Phi) is 3.34. The van der Waals surface area contributed by atoms with Gasteiger partial charge >= 0.3 is 0 Å². The molecule has 0 heterocycles. The Morgan fingerprint density at radius 2 is 1.40 bits per heavy atom. The largest absolute Gasteiger partial charge is 0.396 e. The number of alkyl halides is 1. The fourth-order valence-electron chi connectivity index (χ4n) is 3.44. The zero-order valence-corrected chi connectivity index (χ0v) is 9.60. The molecule has 0 atom stereocenters. The molecule has 1 nitrogen and oxygen atoms in total. The molecule has 3 aliphatic rings. The normalized spacial score (nSPS) is 37.2. The lowest BCUT2D eigenvalue weighted by molar-refractivity contribution is -0.217. The molecule has 2 bridgehead atoms. The molecular formula is C13H23FO. The van der Waals surface area contributed by atoms with E-state index in [1.54, 1.807) is 0 Å². The summed E-state index contributed by atoms with van der Waals surface area (Å²) in [6.07, 6.45) is 11.1. The second-order valence-corrected chi connectivity index (χ2v) is 5.78. The average molecular weight is 214 g/mol. The third-order valence-corrected chi connectivity index (χ3v) is 4.19. The van der Waals surface area contributed by atoms with Crippen LogP contribution in [-0.2, 0) is 0 Å². The van der Waals surface area contributed by atoms with Crippen molar-refractivity contribution in [3.05, 3.63) is 0 Å². The third kappa shape index (κ3) is 2.52. The van der Waals surface area contributed by atoms with Gasteiger partial charge in [-0.2, -0.15) is 0 Å². The Balaban J connectivity index is 1.40. The molecule has 1 N–H and O–H groups in total. The van der Waals surface area contributed by atoms with Crippen LogP contribution in [0.15, 0.2) is 0 Å². The van der Waals surface area contributed by atoms with Crippen LogP contribution in [0.5, 0.6) is 0 Å². The van der Waals surface area contributed by atoms with E-state index in [9.17, 15) is 4.39 Å². The molecule has 0 amide bonds. The van der Waals surface area contributed by atoms with E-state index in [1.807, 2.05) is 0 Å². The summed E-state index contributed by atoms with van der Waals surface area (Å²) in [4.78, 5) is 0.